The Balaban J connectivity index is 1.96. The van der Waals surface area contributed by atoms with Crippen LogP contribution in [-0.4, -0.2) is 69.9 Å². The number of nitrogens with zero attached hydrogens (tertiary/aromatic N) is 4. The molecule has 0 aromatic carbocycles. The van der Waals surface area contributed by atoms with Crippen LogP contribution in [0.5, 0.6) is 0 Å². The second kappa shape index (κ2) is 9.71. The average molecular weight is 502 g/mol. The van der Waals surface area contributed by atoms with E-state index in [1.54, 1.807) is 20.8 Å². The molecule has 0 saturated carbocycles. The van der Waals surface area contributed by atoms with Crippen LogP contribution in [0.25, 0.3) is 11.4 Å². The second-order valence-corrected chi connectivity index (χ2v) is 8.90. The van der Waals surface area contributed by atoms with Crippen LogP contribution < -0.4 is 5.32 Å². The second-order valence-electron chi connectivity index (χ2n) is 8.52. The van der Waals surface area contributed by atoms with Gasteiger partial charge in [-0.2, -0.15) is 13.2 Å². The molecule has 2 aromatic rings. The van der Waals surface area contributed by atoms with Crippen molar-refractivity contribution in [2.24, 2.45) is 0 Å². The molecule has 0 spiro atoms. The molecule has 2 amide bonds. The zero-order valence-electron chi connectivity index (χ0n) is 18.8. The van der Waals surface area contributed by atoms with E-state index in [9.17, 15) is 22.8 Å². The third-order valence-corrected chi connectivity index (χ3v) is 4.89. The van der Waals surface area contributed by atoms with Crippen molar-refractivity contribution in [3.8, 4) is 11.4 Å². The summed E-state index contributed by atoms with van der Waals surface area (Å²) in [6, 6.07) is 4.16. The number of nitrogens with one attached hydrogen (secondary N) is 1. The topological polar surface area (TPSA) is 107 Å². The number of rotatable bonds is 3. The first-order chi connectivity index (χ1) is 15.8. The van der Waals surface area contributed by atoms with E-state index in [4.69, 9.17) is 21.1 Å². The van der Waals surface area contributed by atoms with Crippen LogP contribution in [0.1, 0.15) is 42.9 Å². The molecule has 3 rings (SSSR count). The van der Waals surface area contributed by atoms with Gasteiger partial charge < -0.3 is 19.7 Å². The summed E-state index contributed by atoms with van der Waals surface area (Å²) in [5.74, 6) is -0.456. The highest BCUT2D eigenvalue weighted by Crippen LogP contribution is 2.35. The molecule has 0 aliphatic carbocycles. The minimum Gasteiger partial charge on any atom is -0.444 e. The van der Waals surface area contributed by atoms with Crippen LogP contribution in [0.2, 0.25) is 5.15 Å². The number of ether oxygens (including phenoxy) is 2. The molecule has 1 saturated heterocycles. The Morgan fingerprint density at radius 2 is 1.85 bits per heavy atom. The predicted octanol–water partition coefficient (Wildman–Crippen LogP) is 3.79. The van der Waals surface area contributed by atoms with Gasteiger partial charge in [0.05, 0.1) is 24.5 Å². The Hall–Kier alpha value is -2.99. The maximum Gasteiger partial charge on any atom is 0.416 e. The van der Waals surface area contributed by atoms with Crippen molar-refractivity contribution >= 4 is 23.6 Å². The number of amides is 2. The Morgan fingerprint density at radius 1 is 1.15 bits per heavy atom. The third kappa shape index (κ3) is 6.32. The van der Waals surface area contributed by atoms with Crippen molar-refractivity contribution in [3.63, 3.8) is 0 Å². The first kappa shape index (κ1) is 25.6. The van der Waals surface area contributed by atoms with Gasteiger partial charge >= 0.3 is 12.3 Å². The van der Waals surface area contributed by atoms with Crippen LogP contribution in [0.15, 0.2) is 24.5 Å². The Morgan fingerprint density at radius 3 is 2.47 bits per heavy atom. The monoisotopic (exact) mass is 501 g/mol. The molecule has 1 aliphatic heterocycles. The van der Waals surface area contributed by atoms with Crippen LogP contribution >= 0.6 is 11.6 Å². The lowest BCUT2D eigenvalue weighted by atomic mass is 10.1. The van der Waals surface area contributed by atoms with E-state index in [0.717, 1.165) is 11.2 Å². The van der Waals surface area contributed by atoms with E-state index >= 15 is 0 Å². The molecule has 2 unspecified atom stereocenters. The number of carbonyl (C=O) groups is 2. The summed E-state index contributed by atoms with van der Waals surface area (Å²) in [5, 5.41) is 2.40. The van der Waals surface area contributed by atoms with Gasteiger partial charge in [-0.25, -0.2) is 19.7 Å². The average Bonchev–Trinajstić information content (AvgIpc) is 2.76. The van der Waals surface area contributed by atoms with E-state index in [0.29, 0.717) is 0 Å². The molecule has 0 radical (unpaired) electrons. The molecule has 0 bridgehead atoms. The van der Waals surface area contributed by atoms with E-state index < -0.39 is 42.5 Å². The van der Waals surface area contributed by atoms with Crippen LogP contribution in [-0.2, 0) is 9.47 Å². The number of pyridine rings is 1. The number of morpholine rings is 1. The summed E-state index contributed by atoms with van der Waals surface area (Å²) < 4.78 is 51.3. The SMILES string of the molecule is CNC(=O)c1cc(-c2cc(C3CN(C(=O)OC(C)(C)C)CC(C(F)(F)F)O3)cc(Cl)n2)ncn1. The van der Waals surface area contributed by atoms with Gasteiger partial charge in [-0.3, -0.25) is 4.79 Å². The third-order valence-electron chi connectivity index (χ3n) is 4.70. The van der Waals surface area contributed by atoms with Crippen molar-refractivity contribution in [2.45, 2.75) is 44.8 Å². The maximum atomic E-state index is 13.6. The quantitative estimate of drug-likeness (QED) is 0.638. The van der Waals surface area contributed by atoms with Crippen LogP contribution in [0.4, 0.5) is 18.0 Å². The summed E-state index contributed by atoms with van der Waals surface area (Å²) in [4.78, 5) is 37.5. The van der Waals surface area contributed by atoms with Gasteiger partial charge in [0.1, 0.15) is 28.9 Å². The number of halogens is 4. The Kier molecular flexibility index (Phi) is 7.32. The first-order valence-corrected chi connectivity index (χ1v) is 10.6. The van der Waals surface area contributed by atoms with Gasteiger partial charge in [0.25, 0.3) is 5.91 Å². The highest BCUT2D eigenvalue weighted by molar-refractivity contribution is 6.29. The summed E-state index contributed by atoms with van der Waals surface area (Å²) in [7, 11) is 1.44. The van der Waals surface area contributed by atoms with Crippen LogP contribution in [0.3, 0.4) is 0 Å². The van der Waals surface area contributed by atoms with Gasteiger partial charge in [-0.05, 0) is 44.5 Å². The van der Waals surface area contributed by atoms with Crippen molar-refractivity contribution in [1.82, 2.24) is 25.2 Å². The van der Waals surface area contributed by atoms with Gasteiger partial charge in [0.15, 0.2) is 6.10 Å². The Bertz CT molecular complexity index is 1080. The molecule has 184 valence electrons. The summed E-state index contributed by atoms with van der Waals surface area (Å²) in [6.45, 7) is 3.95. The lowest BCUT2D eigenvalue weighted by Crippen LogP contribution is -2.53. The van der Waals surface area contributed by atoms with Gasteiger partial charge in [0.2, 0.25) is 0 Å². The molecule has 34 heavy (non-hydrogen) atoms. The summed E-state index contributed by atoms with van der Waals surface area (Å²) in [5.41, 5.74) is -0.155. The molecule has 1 fully saturated rings. The molecule has 2 aromatic heterocycles. The lowest BCUT2D eigenvalue weighted by molar-refractivity contribution is -0.252. The van der Waals surface area contributed by atoms with Gasteiger partial charge in [-0.1, -0.05) is 11.6 Å². The van der Waals surface area contributed by atoms with Crippen molar-refractivity contribution in [2.75, 3.05) is 20.1 Å². The zero-order chi connectivity index (χ0) is 25.3. The van der Waals surface area contributed by atoms with Crippen molar-refractivity contribution in [3.05, 3.63) is 40.9 Å². The minimum absolute atomic E-state index is 0.0332. The predicted molar refractivity (Wildman–Crippen MR) is 115 cm³/mol. The fourth-order valence-corrected chi connectivity index (χ4v) is 3.40. The van der Waals surface area contributed by atoms with E-state index in [1.165, 1.54) is 25.2 Å². The molecule has 3 heterocycles. The minimum atomic E-state index is -4.71. The smallest absolute Gasteiger partial charge is 0.416 e. The lowest BCUT2D eigenvalue weighted by Gasteiger charge is -2.39. The maximum absolute atomic E-state index is 13.6. The van der Waals surface area contributed by atoms with Crippen molar-refractivity contribution in [1.29, 1.82) is 0 Å². The molecule has 2 atom stereocenters. The fourth-order valence-electron chi connectivity index (χ4n) is 3.18. The van der Waals surface area contributed by atoms with Gasteiger partial charge in [-0.15, -0.1) is 0 Å². The number of aromatic nitrogens is 3. The largest absolute Gasteiger partial charge is 0.444 e. The molecule has 1 N–H and O–H groups in total. The van der Waals surface area contributed by atoms with E-state index in [2.05, 4.69) is 20.3 Å². The van der Waals surface area contributed by atoms with E-state index in [-0.39, 0.29) is 34.3 Å². The van der Waals surface area contributed by atoms with Gasteiger partial charge in [0, 0.05) is 7.05 Å². The summed E-state index contributed by atoms with van der Waals surface area (Å²) >= 11 is 6.14. The normalized spacial score (nSPS) is 19.0. The highest BCUT2D eigenvalue weighted by Gasteiger charge is 2.47. The molecule has 9 nitrogen and oxygen atoms in total. The highest BCUT2D eigenvalue weighted by atomic mass is 35.5. The Labute approximate surface area is 198 Å². The zero-order valence-corrected chi connectivity index (χ0v) is 19.6. The molecular weight excluding hydrogens is 479 g/mol. The summed E-state index contributed by atoms with van der Waals surface area (Å²) in [6.07, 6.45) is -7.85. The first-order valence-electron chi connectivity index (χ1n) is 10.2. The molecular formula is C21H23ClF3N5O4. The molecule has 1 aliphatic rings. The number of carbonyl (C=O) groups excluding carboxylic acids is 2. The standard InChI is InChI=1S/C21H23ClF3N5O4/c1-20(2,3)34-19(32)30-8-15(33-16(9-30)21(23,24)25)11-5-13(29-17(22)6-11)12-7-14(18(31)26-4)28-10-27-12/h5-7,10,15-16H,8-9H2,1-4H3,(H,26,31). The fraction of sp³-hybridized carbons (Fsp3) is 0.476. The number of alkyl halides is 3. The number of hydrogen-bond acceptors (Lipinski definition) is 7. The molecule has 13 heteroatoms. The van der Waals surface area contributed by atoms with E-state index in [1.807, 2.05) is 0 Å². The number of hydrogen-bond donors (Lipinski definition) is 1. The van der Waals surface area contributed by atoms with Crippen LogP contribution in [0, 0.1) is 0 Å². The van der Waals surface area contributed by atoms with Crippen molar-refractivity contribution < 1.29 is 32.2 Å².